The van der Waals surface area contributed by atoms with Crippen LogP contribution in [-0.4, -0.2) is 21.5 Å². The van der Waals surface area contributed by atoms with E-state index in [9.17, 15) is 0 Å². The normalized spacial score (nSPS) is 11.1. The first-order chi connectivity index (χ1) is 8.75. The van der Waals surface area contributed by atoms with Gasteiger partial charge in [-0.25, -0.2) is 0 Å². The van der Waals surface area contributed by atoms with Crippen molar-refractivity contribution in [2.75, 3.05) is 6.54 Å². The Kier molecular flexibility index (Phi) is 4.47. The van der Waals surface area contributed by atoms with Crippen LogP contribution in [0.1, 0.15) is 30.9 Å². The van der Waals surface area contributed by atoms with Gasteiger partial charge in [-0.2, -0.15) is 0 Å². The predicted molar refractivity (Wildman–Crippen MR) is 72.3 cm³/mol. The Balaban J connectivity index is 1.73. The van der Waals surface area contributed by atoms with E-state index < -0.39 is 0 Å². The highest BCUT2D eigenvalue weighted by atomic mass is 15.4. The molecule has 2 aromatic rings. The molecule has 0 atom stereocenters. The Morgan fingerprint density at radius 2 is 2.00 bits per heavy atom. The Morgan fingerprint density at radius 3 is 2.61 bits per heavy atom. The molecule has 1 aromatic heterocycles. The van der Waals surface area contributed by atoms with E-state index >= 15 is 0 Å². The van der Waals surface area contributed by atoms with Crippen molar-refractivity contribution < 1.29 is 0 Å². The Bertz CT molecular complexity index is 445. The molecule has 0 aliphatic rings. The summed E-state index contributed by atoms with van der Waals surface area (Å²) in [5.74, 6) is 0.597. The molecule has 0 bridgehead atoms. The maximum absolute atomic E-state index is 3.92. The zero-order valence-electron chi connectivity index (χ0n) is 11.0. The fraction of sp³-hybridized carbons (Fsp3) is 0.429. The number of benzene rings is 1. The summed E-state index contributed by atoms with van der Waals surface area (Å²) in [6, 6.07) is 8.80. The minimum atomic E-state index is 0.597. The second kappa shape index (κ2) is 6.31. The molecule has 1 heterocycles. The van der Waals surface area contributed by atoms with E-state index in [1.54, 1.807) is 6.20 Å². The average molecular weight is 244 g/mol. The van der Waals surface area contributed by atoms with Gasteiger partial charge in [-0.05, 0) is 17.0 Å². The van der Waals surface area contributed by atoms with E-state index in [0.29, 0.717) is 5.92 Å². The molecule has 4 nitrogen and oxygen atoms in total. The van der Waals surface area contributed by atoms with Crippen LogP contribution in [-0.2, 0) is 13.1 Å². The standard InChI is InChI=1S/C14H20N4/c1-12(2)14-5-3-13(4-6-14)11-15-7-9-18-10-8-16-17-18/h3-6,8,10,12,15H,7,9,11H2,1-2H3. The Labute approximate surface area is 108 Å². The van der Waals surface area contributed by atoms with Gasteiger partial charge in [0.25, 0.3) is 0 Å². The van der Waals surface area contributed by atoms with E-state index in [2.05, 4.69) is 53.7 Å². The van der Waals surface area contributed by atoms with Crippen molar-refractivity contribution in [3.63, 3.8) is 0 Å². The number of rotatable bonds is 6. The van der Waals surface area contributed by atoms with Gasteiger partial charge in [0.2, 0.25) is 0 Å². The van der Waals surface area contributed by atoms with Crippen LogP contribution in [0.5, 0.6) is 0 Å². The molecular weight excluding hydrogens is 224 g/mol. The number of nitrogens with one attached hydrogen (secondary N) is 1. The molecule has 0 aliphatic heterocycles. The van der Waals surface area contributed by atoms with Gasteiger partial charge < -0.3 is 5.32 Å². The molecule has 0 radical (unpaired) electrons. The highest BCUT2D eigenvalue weighted by Crippen LogP contribution is 2.14. The zero-order valence-corrected chi connectivity index (χ0v) is 11.0. The molecule has 2 rings (SSSR count). The van der Waals surface area contributed by atoms with E-state index in [0.717, 1.165) is 19.6 Å². The number of hydrogen-bond donors (Lipinski definition) is 1. The van der Waals surface area contributed by atoms with E-state index in [-0.39, 0.29) is 0 Å². The maximum Gasteiger partial charge on any atom is 0.0692 e. The second-order valence-corrected chi connectivity index (χ2v) is 4.74. The van der Waals surface area contributed by atoms with Crippen LogP contribution < -0.4 is 5.32 Å². The molecule has 1 aromatic carbocycles. The van der Waals surface area contributed by atoms with E-state index in [1.165, 1.54) is 11.1 Å². The van der Waals surface area contributed by atoms with Crippen molar-refractivity contribution in [3.8, 4) is 0 Å². The lowest BCUT2D eigenvalue weighted by atomic mass is 10.0. The van der Waals surface area contributed by atoms with Crippen molar-refractivity contribution in [1.29, 1.82) is 0 Å². The summed E-state index contributed by atoms with van der Waals surface area (Å²) in [7, 11) is 0. The first kappa shape index (κ1) is 12.8. The first-order valence-corrected chi connectivity index (χ1v) is 6.39. The van der Waals surface area contributed by atoms with Crippen molar-refractivity contribution in [1.82, 2.24) is 20.3 Å². The van der Waals surface area contributed by atoms with Gasteiger partial charge in [0, 0.05) is 19.3 Å². The van der Waals surface area contributed by atoms with E-state index in [4.69, 9.17) is 0 Å². The largest absolute Gasteiger partial charge is 0.311 e. The van der Waals surface area contributed by atoms with Crippen LogP contribution in [0.4, 0.5) is 0 Å². The smallest absolute Gasteiger partial charge is 0.0692 e. The van der Waals surface area contributed by atoms with Gasteiger partial charge in [-0.1, -0.05) is 43.3 Å². The molecule has 0 saturated heterocycles. The van der Waals surface area contributed by atoms with Crippen molar-refractivity contribution in [2.24, 2.45) is 0 Å². The quantitative estimate of drug-likeness (QED) is 0.792. The van der Waals surface area contributed by atoms with Gasteiger partial charge in [-0.3, -0.25) is 4.68 Å². The monoisotopic (exact) mass is 244 g/mol. The fourth-order valence-corrected chi connectivity index (χ4v) is 1.80. The van der Waals surface area contributed by atoms with Crippen molar-refractivity contribution >= 4 is 0 Å². The summed E-state index contributed by atoms with van der Waals surface area (Å²) in [4.78, 5) is 0. The Morgan fingerprint density at radius 1 is 1.22 bits per heavy atom. The Hall–Kier alpha value is -1.68. The summed E-state index contributed by atoms with van der Waals surface area (Å²) < 4.78 is 1.83. The zero-order chi connectivity index (χ0) is 12.8. The van der Waals surface area contributed by atoms with Gasteiger partial charge in [0.1, 0.15) is 0 Å². The van der Waals surface area contributed by atoms with E-state index in [1.807, 2.05) is 10.9 Å². The molecule has 4 heteroatoms. The third kappa shape index (κ3) is 3.67. The third-order valence-corrected chi connectivity index (χ3v) is 2.97. The van der Waals surface area contributed by atoms with Crippen LogP contribution in [0.3, 0.4) is 0 Å². The average Bonchev–Trinajstić information content (AvgIpc) is 2.88. The molecule has 0 aliphatic carbocycles. The van der Waals surface area contributed by atoms with Crippen LogP contribution in [0.25, 0.3) is 0 Å². The summed E-state index contributed by atoms with van der Waals surface area (Å²) in [6.45, 7) is 7.07. The molecular formula is C14H20N4. The van der Waals surface area contributed by atoms with Gasteiger partial charge >= 0.3 is 0 Å². The summed E-state index contributed by atoms with van der Waals surface area (Å²) in [6.07, 6.45) is 3.57. The van der Waals surface area contributed by atoms with Gasteiger partial charge in [0.05, 0.1) is 12.7 Å². The summed E-state index contributed by atoms with van der Waals surface area (Å²) in [5.41, 5.74) is 2.71. The predicted octanol–water partition coefficient (Wildman–Crippen LogP) is 2.19. The topological polar surface area (TPSA) is 42.7 Å². The van der Waals surface area contributed by atoms with Crippen LogP contribution in [0, 0.1) is 0 Å². The van der Waals surface area contributed by atoms with Crippen LogP contribution in [0.15, 0.2) is 36.7 Å². The molecule has 96 valence electrons. The molecule has 0 unspecified atom stereocenters. The second-order valence-electron chi connectivity index (χ2n) is 4.74. The highest BCUT2D eigenvalue weighted by Gasteiger charge is 1.98. The lowest BCUT2D eigenvalue weighted by Crippen LogP contribution is -2.19. The number of nitrogens with zero attached hydrogens (tertiary/aromatic N) is 3. The van der Waals surface area contributed by atoms with Gasteiger partial charge in [-0.15, -0.1) is 5.10 Å². The molecule has 0 fully saturated rings. The number of hydrogen-bond acceptors (Lipinski definition) is 3. The van der Waals surface area contributed by atoms with Crippen LogP contribution in [0.2, 0.25) is 0 Å². The molecule has 0 spiro atoms. The number of aromatic nitrogens is 3. The summed E-state index contributed by atoms with van der Waals surface area (Å²) in [5, 5.41) is 11.1. The molecule has 0 amide bonds. The lowest BCUT2D eigenvalue weighted by molar-refractivity contribution is 0.540. The maximum atomic E-state index is 3.92. The van der Waals surface area contributed by atoms with Crippen molar-refractivity contribution in [3.05, 3.63) is 47.8 Å². The highest BCUT2D eigenvalue weighted by molar-refractivity contribution is 5.24. The SMILES string of the molecule is CC(C)c1ccc(CNCCn2ccnn2)cc1. The van der Waals surface area contributed by atoms with Crippen LogP contribution >= 0.6 is 0 Å². The molecule has 1 N–H and O–H groups in total. The molecule has 0 saturated carbocycles. The first-order valence-electron chi connectivity index (χ1n) is 6.39. The summed E-state index contributed by atoms with van der Waals surface area (Å²) >= 11 is 0. The van der Waals surface area contributed by atoms with Gasteiger partial charge in [0.15, 0.2) is 0 Å². The molecule has 18 heavy (non-hydrogen) atoms. The van der Waals surface area contributed by atoms with Crippen molar-refractivity contribution in [2.45, 2.75) is 32.9 Å². The fourth-order valence-electron chi connectivity index (χ4n) is 1.80. The third-order valence-electron chi connectivity index (χ3n) is 2.97. The minimum absolute atomic E-state index is 0.597. The lowest BCUT2D eigenvalue weighted by Gasteiger charge is -2.08. The minimum Gasteiger partial charge on any atom is -0.311 e.